The van der Waals surface area contributed by atoms with Gasteiger partial charge < -0.3 is 14.6 Å². The summed E-state index contributed by atoms with van der Waals surface area (Å²) >= 11 is 0. The van der Waals surface area contributed by atoms with Gasteiger partial charge in [-0.2, -0.15) is 18.2 Å². The van der Waals surface area contributed by atoms with Crippen LogP contribution in [0.1, 0.15) is 17.3 Å². The molecule has 1 N–H and O–H groups in total. The van der Waals surface area contributed by atoms with Gasteiger partial charge in [0.2, 0.25) is 0 Å². The molecule has 5 nitrogen and oxygen atoms in total. The molecule has 1 aromatic carbocycles. The Kier molecular flexibility index (Phi) is 6.63. The van der Waals surface area contributed by atoms with Crippen molar-refractivity contribution < 1.29 is 22.4 Å². The molecule has 0 aliphatic carbocycles. The van der Waals surface area contributed by atoms with Gasteiger partial charge in [-0.1, -0.05) is 11.2 Å². The summed E-state index contributed by atoms with van der Waals surface area (Å²) in [6.07, 6.45) is -3.80. The Hall–Kier alpha value is -1.80. The second kappa shape index (κ2) is 8.00. The minimum absolute atomic E-state index is 0. The number of nitrogens with zero attached hydrogens (tertiary/aromatic N) is 2. The fraction of sp³-hybridized carbons (Fsp3) is 0.385. The number of likely N-dealkylation sites (N-methyl/N-ethyl adjacent to an activating group) is 1. The van der Waals surface area contributed by atoms with E-state index in [4.69, 9.17) is 9.26 Å². The predicted octanol–water partition coefficient (Wildman–Crippen LogP) is 2.85. The molecule has 0 aliphatic rings. The van der Waals surface area contributed by atoms with Crippen molar-refractivity contribution >= 4 is 12.4 Å². The van der Waals surface area contributed by atoms with E-state index >= 15 is 0 Å². The van der Waals surface area contributed by atoms with E-state index in [1.54, 1.807) is 7.05 Å². The predicted molar refractivity (Wildman–Crippen MR) is 75.0 cm³/mol. The van der Waals surface area contributed by atoms with Crippen LogP contribution in [0.5, 0.6) is 5.75 Å². The molecule has 0 amide bonds. The molecule has 0 unspecified atom stereocenters. The molecule has 2 rings (SSSR count). The van der Waals surface area contributed by atoms with E-state index in [0.717, 1.165) is 12.1 Å². The van der Waals surface area contributed by atoms with Gasteiger partial charge in [0.05, 0.1) is 5.56 Å². The number of ether oxygens (including phenoxy) is 1. The van der Waals surface area contributed by atoms with Crippen LogP contribution in [0.2, 0.25) is 0 Å². The molecule has 122 valence electrons. The first kappa shape index (κ1) is 18.2. The molecular formula is C13H15ClF3N3O2. The molecule has 9 heteroatoms. The number of nitrogens with one attached hydrogen (secondary N) is 1. The average Bonchev–Trinajstić information content (AvgIpc) is 2.90. The smallest absolute Gasteiger partial charge is 0.416 e. The normalized spacial score (nSPS) is 11.1. The summed E-state index contributed by atoms with van der Waals surface area (Å²) in [5.41, 5.74) is -0.764. The summed E-state index contributed by atoms with van der Waals surface area (Å²) in [7, 11) is 1.80. The van der Waals surface area contributed by atoms with Gasteiger partial charge in [0.1, 0.15) is 5.75 Å². The van der Waals surface area contributed by atoms with Crippen LogP contribution in [-0.2, 0) is 19.2 Å². The van der Waals surface area contributed by atoms with E-state index in [-0.39, 0.29) is 30.7 Å². The maximum Gasteiger partial charge on any atom is 0.416 e. The maximum atomic E-state index is 12.6. The fourth-order valence-electron chi connectivity index (χ4n) is 1.59. The molecule has 0 atom stereocenters. The molecule has 2 aromatic rings. The van der Waals surface area contributed by atoms with E-state index in [9.17, 15) is 13.2 Å². The van der Waals surface area contributed by atoms with Crippen LogP contribution < -0.4 is 10.1 Å². The minimum atomic E-state index is -4.40. The molecule has 22 heavy (non-hydrogen) atoms. The lowest BCUT2D eigenvalue weighted by atomic mass is 10.2. The zero-order chi connectivity index (χ0) is 15.3. The highest BCUT2D eigenvalue weighted by Gasteiger charge is 2.30. The molecule has 0 aliphatic heterocycles. The fourth-order valence-corrected chi connectivity index (χ4v) is 1.59. The van der Waals surface area contributed by atoms with Gasteiger partial charge in [0.15, 0.2) is 12.4 Å². The van der Waals surface area contributed by atoms with Gasteiger partial charge in [-0.05, 0) is 25.2 Å². The summed E-state index contributed by atoms with van der Waals surface area (Å²) in [6.45, 7) is 0.626. The van der Waals surface area contributed by atoms with Crippen LogP contribution in [-0.4, -0.2) is 23.7 Å². The van der Waals surface area contributed by atoms with E-state index < -0.39 is 11.7 Å². The van der Waals surface area contributed by atoms with Crippen molar-refractivity contribution in [3.05, 3.63) is 41.5 Å². The van der Waals surface area contributed by atoms with Gasteiger partial charge in [0.25, 0.3) is 5.89 Å². The van der Waals surface area contributed by atoms with Gasteiger partial charge in [-0.3, -0.25) is 0 Å². The maximum absolute atomic E-state index is 12.6. The van der Waals surface area contributed by atoms with Crippen molar-refractivity contribution in [2.45, 2.75) is 19.2 Å². The number of alkyl halides is 3. The van der Waals surface area contributed by atoms with Crippen LogP contribution in [0.15, 0.2) is 28.8 Å². The SMILES string of the molecule is CNCCc1noc(COc2cccc(C(F)(F)F)c2)n1.Cl. The number of hydrogen-bond acceptors (Lipinski definition) is 5. The van der Waals surface area contributed by atoms with Crippen molar-refractivity contribution in [1.82, 2.24) is 15.5 Å². The van der Waals surface area contributed by atoms with Gasteiger partial charge in [-0.25, -0.2) is 0 Å². The van der Waals surface area contributed by atoms with Crippen molar-refractivity contribution in [2.75, 3.05) is 13.6 Å². The van der Waals surface area contributed by atoms with Crippen molar-refractivity contribution in [3.63, 3.8) is 0 Å². The van der Waals surface area contributed by atoms with Crippen LogP contribution in [0.4, 0.5) is 13.2 Å². The zero-order valence-electron chi connectivity index (χ0n) is 11.7. The van der Waals surface area contributed by atoms with Crippen molar-refractivity contribution in [1.29, 1.82) is 0 Å². The Balaban J connectivity index is 0.00000242. The Labute approximate surface area is 131 Å². The number of rotatable bonds is 6. The lowest BCUT2D eigenvalue weighted by Gasteiger charge is -2.08. The highest BCUT2D eigenvalue weighted by atomic mass is 35.5. The topological polar surface area (TPSA) is 60.2 Å². The van der Waals surface area contributed by atoms with E-state index in [0.29, 0.717) is 18.8 Å². The van der Waals surface area contributed by atoms with Crippen LogP contribution in [0.3, 0.4) is 0 Å². The van der Waals surface area contributed by atoms with Crippen molar-refractivity contribution in [2.24, 2.45) is 0 Å². The summed E-state index contributed by atoms with van der Waals surface area (Å²) in [5, 5.41) is 6.68. The Morgan fingerprint density at radius 1 is 1.32 bits per heavy atom. The monoisotopic (exact) mass is 337 g/mol. The molecular weight excluding hydrogens is 323 g/mol. The highest BCUT2D eigenvalue weighted by Crippen LogP contribution is 2.31. The number of halogens is 4. The molecule has 0 saturated heterocycles. The lowest BCUT2D eigenvalue weighted by Crippen LogP contribution is -2.11. The van der Waals surface area contributed by atoms with Gasteiger partial charge >= 0.3 is 6.18 Å². The minimum Gasteiger partial charge on any atom is -0.484 e. The van der Waals surface area contributed by atoms with E-state index in [1.807, 2.05) is 0 Å². The first-order valence-corrected chi connectivity index (χ1v) is 6.25. The molecule has 0 spiro atoms. The summed E-state index contributed by atoms with van der Waals surface area (Å²) in [4.78, 5) is 4.07. The van der Waals surface area contributed by atoms with Gasteiger partial charge in [-0.15, -0.1) is 12.4 Å². The van der Waals surface area contributed by atoms with Crippen LogP contribution in [0, 0.1) is 0 Å². The standard InChI is InChI=1S/C13H14F3N3O2.ClH/c1-17-6-5-11-18-12(21-19-11)8-20-10-4-2-3-9(7-10)13(14,15)16;/h2-4,7,17H,5-6,8H2,1H3;1H. The number of benzene rings is 1. The number of aromatic nitrogens is 2. The van der Waals surface area contributed by atoms with E-state index in [2.05, 4.69) is 15.5 Å². The third kappa shape index (κ3) is 5.19. The van der Waals surface area contributed by atoms with Crippen LogP contribution >= 0.6 is 12.4 Å². The molecule has 1 aromatic heterocycles. The molecule has 0 radical (unpaired) electrons. The van der Waals surface area contributed by atoms with Crippen LogP contribution in [0.25, 0.3) is 0 Å². The Morgan fingerprint density at radius 3 is 2.77 bits per heavy atom. The third-order valence-corrected chi connectivity index (χ3v) is 2.63. The third-order valence-electron chi connectivity index (χ3n) is 2.63. The molecule has 0 bridgehead atoms. The number of hydrogen-bond donors (Lipinski definition) is 1. The summed E-state index contributed by atoms with van der Waals surface area (Å²) in [5.74, 6) is 0.838. The first-order valence-electron chi connectivity index (χ1n) is 6.25. The Morgan fingerprint density at radius 2 is 2.09 bits per heavy atom. The molecule has 1 heterocycles. The second-order valence-corrected chi connectivity index (χ2v) is 4.27. The quantitative estimate of drug-likeness (QED) is 0.878. The van der Waals surface area contributed by atoms with E-state index in [1.165, 1.54) is 12.1 Å². The Bertz CT molecular complexity index is 590. The first-order chi connectivity index (χ1) is 9.99. The van der Waals surface area contributed by atoms with Gasteiger partial charge in [0, 0.05) is 13.0 Å². The van der Waals surface area contributed by atoms with Crippen molar-refractivity contribution in [3.8, 4) is 5.75 Å². The second-order valence-electron chi connectivity index (χ2n) is 4.27. The summed E-state index contributed by atoms with van der Waals surface area (Å²) in [6, 6.07) is 4.63. The molecule has 0 saturated carbocycles. The average molecular weight is 338 g/mol. The largest absolute Gasteiger partial charge is 0.484 e. The highest BCUT2D eigenvalue weighted by molar-refractivity contribution is 5.85. The molecule has 0 fully saturated rings. The lowest BCUT2D eigenvalue weighted by molar-refractivity contribution is -0.137. The summed E-state index contributed by atoms with van der Waals surface area (Å²) < 4.78 is 47.8. The zero-order valence-corrected chi connectivity index (χ0v) is 12.5.